The van der Waals surface area contributed by atoms with E-state index in [1.165, 1.54) is 31.7 Å². The van der Waals surface area contributed by atoms with E-state index >= 15 is 8.78 Å². The molecule has 0 saturated carbocycles. The van der Waals surface area contributed by atoms with E-state index in [0.29, 0.717) is 11.1 Å². The van der Waals surface area contributed by atoms with E-state index in [1.807, 2.05) is 103 Å². The highest BCUT2D eigenvalue weighted by Crippen LogP contribution is 2.55. The molecule has 67 heavy (non-hydrogen) atoms. The number of esters is 1. The number of alkyl halides is 2. The van der Waals surface area contributed by atoms with Crippen LogP contribution in [0.4, 0.5) is 14.7 Å². The van der Waals surface area contributed by atoms with Gasteiger partial charge in [-0.2, -0.15) is 15.1 Å². The Bertz CT molecular complexity index is 2850. The summed E-state index contributed by atoms with van der Waals surface area (Å²) in [7, 11) is -3.07. The highest BCUT2D eigenvalue weighted by Gasteiger charge is 2.63. The summed E-state index contributed by atoms with van der Waals surface area (Å²) in [6.07, 6.45) is -0.891. The van der Waals surface area contributed by atoms with E-state index in [9.17, 15) is 9.36 Å². The van der Waals surface area contributed by atoms with Gasteiger partial charge in [0.2, 0.25) is 17.7 Å². The summed E-state index contributed by atoms with van der Waals surface area (Å²) in [5, 5.41) is 7.56. The lowest BCUT2D eigenvalue weighted by Gasteiger charge is -2.37. The third-order valence-electron chi connectivity index (χ3n) is 11.9. The first-order valence-electron chi connectivity index (χ1n) is 22.0. The van der Waals surface area contributed by atoms with Crippen LogP contribution < -0.4 is 24.4 Å². The van der Waals surface area contributed by atoms with Crippen LogP contribution in [0, 0.1) is 5.92 Å². The van der Waals surface area contributed by atoms with Crippen molar-refractivity contribution in [1.29, 1.82) is 0 Å². The third-order valence-corrected chi connectivity index (χ3v) is 13.5. The van der Waals surface area contributed by atoms with Crippen molar-refractivity contribution in [2.75, 3.05) is 25.6 Å². The molecule has 0 bridgehead atoms. The molecule has 350 valence electrons. The van der Waals surface area contributed by atoms with Gasteiger partial charge in [0.05, 0.1) is 32.1 Å². The molecule has 0 spiro atoms. The quantitative estimate of drug-likeness (QED) is 0.0476. The van der Waals surface area contributed by atoms with Crippen molar-refractivity contribution in [3.8, 4) is 17.4 Å². The van der Waals surface area contributed by atoms with Gasteiger partial charge in [-0.1, -0.05) is 116 Å². The lowest BCUT2D eigenvalue weighted by atomic mass is 9.77. The molecular formula is C50H53F2N6O8P. The van der Waals surface area contributed by atoms with E-state index in [0.717, 1.165) is 22.1 Å². The maximum absolute atomic E-state index is 17.6. The summed E-state index contributed by atoms with van der Waals surface area (Å²) < 4.78 is 85.8. The van der Waals surface area contributed by atoms with Gasteiger partial charge in [0.1, 0.15) is 29.7 Å². The molecule has 0 radical (unpaired) electrons. The number of anilines is 1. The van der Waals surface area contributed by atoms with Crippen molar-refractivity contribution in [2.45, 2.75) is 77.0 Å². The Kier molecular flexibility index (Phi) is 13.4. The lowest BCUT2D eigenvalue weighted by Crippen LogP contribution is -2.41. The highest BCUT2D eigenvalue weighted by molar-refractivity contribution is 7.52. The van der Waals surface area contributed by atoms with E-state index in [2.05, 4.69) is 15.4 Å². The molecule has 14 nitrogen and oxygen atoms in total. The predicted molar refractivity (Wildman–Crippen MR) is 250 cm³/mol. The average Bonchev–Trinajstić information content (AvgIpc) is 3.83. The SMILES string of the molecule is CCOc1nc(NC(c2ccccc2)(c2ccccc2)c2ccc(OC)cc2)nc2c1ncn2C1O[C@](F)(COP(=O)(N[C@@H](C)C(=O)OC(C)C)Oc2cccc3ccccc23)[C@@H](C)[C@@]1(C)F. The number of hydrogen-bond acceptors (Lipinski definition) is 12. The number of hydrogen-bond donors (Lipinski definition) is 2. The van der Waals surface area contributed by atoms with Gasteiger partial charge in [0.25, 0.3) is 0 Å². The average molecular weight is 935 g/mol. The monoisotopic (exact) mass is 934 g/mol. The van der Waals surface area contributed by atoms with Gasteiger partial charge in [0, 0.05) is 5.39 Å². The summed E-state index contributed by atoms with van der Waals surface area (Å²) in [5.74, 6) is -4.26. The fraction of sp³-hybridized carbons (Fsp3) is 0.320. The molecule has 0 amide bonds. The normalized spacial score (nSPS) is 20.9. The molecule has 8 rings (SSSR count). The summed E-state index contributed by atoms with van der Waals surface area (Å²) in [5.41, 5.74) is -0.837. The minimum absolute atomic E-state index is 0.0704. The Morgan fingerprint density at radius 2 is 1.51 bits per heavy atom. The fourth-order valence-electron chi connectivity index (χ4n) is 8.27. The number of carbonyl (C=O) groups is 1. The smallest absolute Gasteiger partial charge is 0.459 e. The number of halogens is 2. The van der Waals surface area contributed by atoms with Crippen molar-refractivity contribution in [3.05, 3.63) is 150 Å². The van der Waals surface area contributed by atoms with Gasteiger partial charge in [-0.3, -0.25) is 13.9 Å². The number of ether oxygens (including phenoxy) is 4. The van der Waals surface area contributed by atoms with Crippen molar-refractivity contribution in [2.24, 2.45) is 5.92 Å². The maximum Gasteiger partial charge on any atom is 0.459 e. The van der Waals surface area contributed by atoms with E-state index < -0.39 is 61.7 Å². The first-order chi connectivity index (χ1) is 32.1. The zero-order chi connectivity index (χ0) is 47.6. The van der Waals surface area contributed by atoms with Crippen LogP contribution in [-0.2, 0) is 28.9 Å². The van der Waals surface area contributed by atoms with E-state index in [4.69, 9.17) is 38.0 Å². The van der Waals surface area contributed by atoms with Gasteiger partial charge in [-0.15, -0.1) is 0 Å². The highest BCUT2D eigenvalue weighted by atomic mass is 31.2. The van der Waals surface area contributed by atoms with Crippen molar-refractivity contribution in [1.82, 2.24) is 24.6 Å². The Hall–Kier alpha value is -6.45. The van der Waals surface area contributed by atoms with Crippen LogP contribution in [0.1, 0.15) is 64.5 Å². The number of benzene rings is 5. The molecule has 2 N–H and O–H groups in total. The number of imidazole rings is 1. The minimum atomic E-state index is -4.67. The molecule has 0 aliphatic carbocycles. The summed E-state index contributed by atoms with van der Waals surface area (Å²) in [6, 6.07) is 38.2. The molecular weight excluding hydrogens is 882 g/mol. The molecule has 7 aromatic rings. The molecule has 1 saturated heterocycles. The number of fused-ring (bicyclic) bond motifs is 2. The minimum Gasteiger partial charge on any atom is -0.497 e. The van der Waals surface area contributed by atoms with E-state index in [-0.39, 0.29) is 35.3 Å². The second kappa shape index (κ2) is 19.0. The largest absolute Gasteiger partial charge is 0.497 e. The van der Waals surface area contributed by atoms with Crippen LogP contribution in [0.3, 0.4) is 0 Å². The first kappa shape index (κ1) is 47.1. The molecule has 1 aliphatic heterocycles. The van der Waals surface area contributed by atoms with Gasteiger partial charge < -0.3 is 28.8 Å². The number of rotatable bonds is 18. The van der Waals surface area contributed by atoms with Gasteiger partial charge in [-0.25, -0.2) is 18.3 Å². The molecule has 3 heterocycles. The lowest BCUT2D eigenvalue weighted by molar-refractivity contribution is -0.188. The molecule has 1 fully saturated rings. The van der Waals surface area contributed by atoms with Crippen LogP contribution in [0.2, 0.25) is 0 Å². The third kappa shape index (κ3) is 9.31. The zero-order valence-corrected chi connectivity index (χ0v) is 39.1. The van der Waals surface area contributed by atoms with Crippen LogP contribution >= 0.6 is 7.75 Å². The van der Waals surface area contributed by atoms with Crippen molar-refractivity contribution >= 4 is 41.6 Å². The van der Waals surface area contributed by atoms with Crippen molar-refractivity contribution in [3.63, 3.8) is 0 Å². The Morgan fingerprint density at radius 3 is 2.15 bits per heavy atom. The first-order valence-corrected chi connectivity index (χ1v) is 23.5. The fourth-order valence-corrected chi connectivity index (χ4v) is 9.80. The van der Waals surface area contributed by atoms with Crippen molar-refractivity contribution < 1.29 is 46.1 Å². The maximum atomic E-state index is 17.6. The Balaban J connectivity index is 1.17. The van der Waals surface area contributed by atoms with Crippen LogP contribution in [0.25, 0.3) is 21.9 Å². The Labute approximate surface area is 387 Å². The molecule has 1 aliphatic rings. The number of carbonyl (C=O) groups excluding carboxylic acids is 1. The van der Waals surface area contributed by atoms with Gasteiger partial charge in [-0.05, 0) is 74.9 Å². The number of methoxy groups -OCH3 is 1. The molecule has 2 aromatic heterocycles. The van der Waals surface area contributed by atoms with Crippen LogP contribution in [0.15, 0.2) is 134 Å². The topological polar surface area (TPSA) is 157 Å². The summed E-state index contributed by atoms with van der Waals surface area (Å²) in [4.78, 5) is 27.2. The molecule has 6 atom stereocenters. The van der Waals surface area contributed by atoms with Gasteiger partial charge in [0.15, 0.2) is 23.1 Å². The number of nitrogens with one attached hydrogen (secondary N) is 2. The predicted octanol–water partition coefficient (Wildman–Crippen LogP) is 10.5. The Morgan fingerprint density at radius 1 is 0.881 bits per heavy atom. The van der Waals surface area contributed by atoms with Crippen LogP contribution in [0.5, 0.6) is 17.4 Å². The summed E-state index contributed by atoms with van der Waals surface area (Å²) in [6.45, 7) is 8.18. The van der Waals surface area contributed by atoms with E-state index in [1.54, 1.807) is 52.1 Å². The molecule has 2 unspecified atom stereocenters. The summed E-state index contributed by atoms with van der Waals surface area (Å²) >= 11 is 0. The molecule has 5 aromatic carbocycles. The van der Waals surface area contributed by atoms with Gasteiger partial charge >= 0.3 is 13.7 Å². The number of nitrogens with zero attached hydrogens (tertiary/aromatic N) is 4. The molecule has 17 heteroatoms. The zero-order valence-electron chi connectivity index (χ0n) is 38.2. The second-order valence-corrected chi connectivity index (χ2v) is 18.4. The standard InChI is InChI=1S/C50H53F2N6O8P/c1-8-62-44-42-43(54-47(55-44)56-50(36-20-11-9-12-21-36,37-22-13-10-14-23-37)38-26-28-39(61-7)29-27-38)58(31-53-42)46-48(6,51)34(5)49(52,65-46)30-63-67(60,57-33(4)45(59)64-32(2)3)66-41-25-17-19-35-18-15-16-24-40(35)41/h9-29,31-34,46H,8,30H2,1-7H3,(H,57,60)(H,54,55,56)/t33-,34-,46?,48+,49+,67?/m0/s1. The second-order valence-electron chi connectivity index (χ2n) is 16.8. The number of aromatic nitrogens is 4. The van der Waals surface area contributed by atoms with Crippen LogP contribution in [-0.4, -0.2) is 69.5 Å².